The highest BCUT2D eigenvalue weighted by molar-refractivity contribution is 9.10. The first-order valence-corrected chi connectivity index (χ1v) is 8.08. The number of rotatable bonds is 3. The molecule has 1 N–H and O–H groups in total. The van der Waals surface area contributed by atoms with E-state index in [1.54, 1.807) is 12.1 Å². The summed E-state index contributed by atoms with van der Waals surface area (Å²) in [6.07, 6.45) is 0. The number of carbonyl (C=O) groups excluding carboxylic acids is 1. The quantitative estimate of drug-likeness (QED) is 0.837. The number of nitrogens with one attached hydrogen (secondary N) is 1. The lowest BCUT2D eigenvalue weighted by atomic mass is 10.1. The molecular weight excluding hydrogens is 361 g/mol. The van der Waals surface area contributed by atoms with Crippen molar-refractivity contribution in [3.8, 4) is 0 Å². The zero-order valence-electron chi connectivity index (χ0n) is 10.9. The van der Waals surface area contributed by atoms with Gasteiger partial charge in [-0.25, -0.2) is 0 Å². The van der Waals surface area contributed by atoms with Crippen molar-refractivity contribution in [1.29, 1.82) is 0 Å². The van der Waals surface area contributed by atoms with Crippen LogP contribution in [0.3, 0.4) is 0 Å². The zero-order valence-corrected chi connectivity index (χ0v) is 13.3. The fourth-order valence-corrected chi connectivity index (χ4v) is 2.83. The van der Waals surface area contributed by atoms with Crippen LogP contribution >= 0.6 is 15.9 Å². The number of halogens is 2. The molecule has 0 saturated carbocycles. The van der Waals surface area contributed by atoms with Crippen LogP contribution in [0.1, 0.15) is 15.9 Å². The molecule has 2 rings (SSSR count). The first-order valence-electron chi connectivity index (χ1n) is 5.90. The maximum Gasteiger partial charge on any atom is 0.334 e. The summed E-state index contributed by atoms with van der Waals surface area (Å²) in [5, 5.41) is 2.41. The van der Waals surface area contributed by atoms with E-state index in [1.165, 1.54) is 18.2 Å². The topological polar surface area (TPSA) is 63.2 Å². The predicted molar refractivity (Wildman–Crippen MR) is 81.6 cm³/mol. The molecule has 110 valence electrons. The summed E-state index contributed by atoms with van der Waals surface area (Å²) in [4.78, 5) is 11.6. The standard InChI is InChI=1S/C14H11BrFNO3S/c1-9-6-7-11(15)10(8-9)14(18)17-12-4-2-3-5-13(12)21(16,19)20/h2-8H,1H3,(H,17,18). The molecule has 0 aliphatic heterocycles. The van der Waals surface area contributed by atoms with Crippen molar-refractivity contribution >= 4 is 37.7 Å². The second-order valence-corrected chi connectivity index (χ2v) is 6.54. The first kappa shape index (κ1) is 15.7. The molecule has 0 aliphatic rings. The number of carbonyl (C=O) groups is 1. The largest absolute Gasteiger partial charge is 0.334 e. The Labute approximate surface area is 130 Å². The van der Waals surface area contributed by atoms with Gasteiger partial charge in [-0.05, 0) is 47.1 Å². The van der Waals surface area contributed by atoms with E-state index in [-0.39, 0.29) is 5.69 Å². The molecule has 0 atom stereocenters. The Bertz CT molecular complexity index is 806. The van der Waals surface area contributed by atoms with Gasteiger partial charge in [0.1, 0.15) is 4.90 Å². The van der Waals surface area contributed by atoms with Gasteiger partial charge in [-0.2, -0.15) is 8.42 Å². The highest BCUT2D eigenvalue weighted by Gasteiger charge is 2.19. The van der Waals surface area contributed by atoms with Crippen molar-refractivity contribution in [2.75, 3.05) is 5.32 Å². The molecule has 0 radical (unpaired) electrons. The Hall–Kier alpha value is -1.73. The minimum atomic E-state index is -4.91. The molecule has 0 saturated heterocycles. The minimum Gasteiger partial charge on any atom is -0.321 e. The first-order chi connectivity index (χ1) is 9.79. The lowest BCUT2D eigenvalue weighted by molar-refractivity contribution is 0.102. The van der Waals surface area contributed by atoms with Crippen molar-refractivity contribution in [2.45, 2.75) is 11.8 Å². The molecule has 0 fully saturated rings. The molecule has 0 heterocycles. The van der Waals surface area contributed by atoms with Gasteiger partial charge in [-0.3, -0.25) is 4.79 Å². The van der Waals surface area contributed by atoms with Crippen LogP contribution in [0, 0.1) is 6.92 Å². The number of benzene rings is 2. The molecule has 1 amide bonds. The fraction of sp³-hybridized carbons (Fsp3) is 0.0714. The summed E-state index contributed by atoms with van der Waals surface area (Å²) in [5.41, 5.74) is 1.11. The lowest BCUT2D eigenvalue weighted by Gasteiger charge is -2.10. The van der Waals surface area contributed by atoms with Crippen molar-refractivity contribution < 1.29 is 17.1 Å². The third-order valence-electron chi connectivity index (χ3n) is 2.76. The molecule has 0 bridgehead atoms. The van der Waals surface area contributed by atoms with E-state index in [9.17, 15) is 17.1 Å². The summed E-state index contributed by atoms with van der Waals surface area (Å²) in [6.45, 7) is 1.82. The van der Waals surface area contributed by atoms with Gasteiger partial charge < -0.3 is 5.32 Å². The fourth-order valence-electron chi connectivity index (χ4n) is 1.79. The molecule has 0 unspecified atom stereocenters. The highest BCUT2D eigenvalue weighted by atomic mass is 79.9. The van der Waals surface area contributed by atoms with Crippen LogP contribution in [-0.2, 0) is 10.2 Å². The smallest absolute Gasteiger partial charge is 0.321 e. The van der Waals surface area contributed by atoms with Crippen LogP contribution in [0.25, 0.3) is 0 Å². The molecule has 0 spiro atoms. The Kier molecular flexibility index (Phi) is 4.43. The summed E-state index contributed by atoms with van der Waals surface area (Å²) in [7, 11) is -4.91. The molecule has 2 aromatic rings. The normalized spacial score (nSPS) is 11.2. The lowest BCUT2D eigenvalue weighted by Crippen LogP contribution is -2.14. The molecule has 7 heteroatoms. The summed E-state index contributed by atoms with van der Waals surface area (Å²) in [5.74, 6) is -0.526. The average Bonchev–Trinajstić information content (AvgIpc) is 2.41. The van der Waals surface area contributed by atoms with Crippen LogP contribution in [-0.4, -0.2) is 14.3 Å². The Balaban J connectivity index is 2.39. The van der Waals surface area contributed by atoms with E-state index >= 15 is 0 Å². The SMILES string of the molecule is Cc1ccc(Br)c(C(=O)Nc2ccccc2S(=O)(=O)F)c1. The van der Waals surface area contributed by atoms with Crippen molar-refractivity contribution in [1.82, 2.24) is 0 Å². The van der Waals surface area contributed by atoms with Gasteiger partial charge in [0, 0.05) is 4.47 Å². The second kappa shape index (κ2) is 5.95. The Morgan fingerprint density at radius 1 is 1.19 bits per heavy atom. The van der Waals surface area contributed by atoms with E-state index in [4.69, 9.17) is 0 Å². The maximum absolute atomic E-state index is 13.2. The molecular formula is C14H11BrFNO3S. The van der Waals surface area contributed by atoms with Crippen molar-refractivity contribution in [3.63, 3.8) is 0 Å². The van der Waals surface area contributed by atoms with Crippen molar-refractivity contribution in [3.05, 3.63) is 58.1 Å². The van der Waals surface area contributed by atoms with Crippen LogP contribution in [0.5, 0.6) is 0 Å². The van der Waals surface area contributed by atoms with Gasteiger partial charge in [-0.15, -0.1) is 3.89 Å². The van der Waals surface area contributed by atoms with E-state index in [1.807, 2.05) is 13.0 Å². The van der Waals surface area contributed by atoms with Crippen LogP contribution < -0.4 is 5.32 Å². The molecule has 21 heavy (non-hydrogen) atoms. The second-order valence-electron chi connectivity index (χ2n) is 4.37. The highest BCUT2D eigenvalue weighted by Crippen LogP contribution is 2.25. The molecule has 4 nitrogen and oxygen atoms in total. The molecule has 0 aliphatic carbocycles. The van der Waals surface area contributed by atoms with Crippen molar-refractivity contribution in [2.24, 2.45) is 0 Å². The van der Waals surface area contributed by atoms with Gasteiger partial charge in [0.2, 0.25) is 0 Å². The van der Waals surface area contributed by atoms with E-state index < -0.39 is 21.0 Å². The van der Waals surface area contributed by atoms with Gasteiger partial charge in [0.25, 0.3) is 5.91 Å². The molecule has 0 aromatic heterocycles. The van der Waals surface area contributed by atoms with Gasteiger partial charge in [0.05, 0.1) is 11.3 Å². The van der Waals surface area contributed by atoms with E-state index in [0.717, 1.165) is 11.6 Å². The predicted octanol–water partition coefficient (Wildman–Crippen LogP) is 3.67. The number of amides is 1. The Morgan fingerprint density at radius 2 is 1.86 bits per heavy atom. The van der Waals surface area contributed by atoms with Gasteiger partial charge in [0.15, 0.2) is 0 Å². The van der Waals surface area contributed by atoms with E-state index in [2.05, 4.69) is 21.2 Å². The van der Waals surface area contributed by atoms with Crippen LogP contribution in [0.2, 0.25) is 0 Å². The number of hydrogen-bond acceptors (Lipinski definition) is 3. The number of para-hydroxylation sites is 1. The molecule has 2 aromatic carbocycles. The summed E-state index contributed by atoms with van der Waals surface area (Å²) >= 11 is 3.25. The van der Waals surface area contributed by atoms with Gasteiger partial charge in [-0.1, -0.05) is 23.8 Å². The minimum absolute atomic E-state index is 0.0987. The zero-order chi connectivity index (χ0) is 15.6. The third kappa shape index (κ3) is 3.68. The summed E-state index contributed by atoms with van der Waals surface area (Å²) in [6, 6.07) is 10.5. The van der Waals surface area contributed by atoms with Crippen LogP contribution in [0.15, 0.2) is 51.8 Å². The monoisotopic (exact) mass is 371 g/mol. The Morgan fingerprint density at radius 3 is 2.52 bits per heavy atom. The number of anilines is 1. The van der Waals surface area contributed by atoms with Crippen LogP contribution in [0.4, 0.5) is 9.57 Å². The third-order valence-corrected chi connectivity index (χ3v) is 4.34. The van der Waals surface area contributed by atoms with Gasteiger partial charge >= 0.3 is 10.2 Å². The van der Waals surface area contributed by atoms with E-state index in [0.29, 0.717) is 10.0 Å². The number of hydrogen-bond donors (Lipinski definition) is 1. The average molecular weight is 372 g/mol. The number of aryl methyl sites for hydroxylation is 1. The summed E-state index contributed by atoms with van der Waals surface area (Å²) < 4.78 is 35.9. The maximum atomic E-state index is 13.2.